The van der Waals surface area contributed by atoms with E-state index < -0.39 is 0 Å². The van der Waals surface area contributed by atoms with Gasteiger partial charge in [-0.05, 0) is 65.4 Å². The molecule has 0 amide bonds. The molecule has 2 nitrogen and oxygen atoms in total. The Hall–Kier alpha value is -2.87. The Morgan fingerprint density at radius 1 is 0.696 bits per heavy atom. The van der Waals surface area contributed by atoms with Crippen LogP contribution in [0.4, 0.5) is 0 Å². The number of pyridine rings is 1. The lowest BCUT2D eigenvalue weighted by atomic mass is 10.00. The Kier molecular flexibility index (Phi) is 3.23. The van der Waals surface area contributed by atoms with E-state index in [-0.39, 0.29) is 0 Å². The molecule has 0 saturated carbocycles. The van der Waals surface area contributed by atoms with Crippen molar-refractivity contribution < 1.29 is 4.74 Å². The Labute approximate surface area is 135 Å². The van der Waals surface area contributed by atoms with Crippen molar-refractivity contribution in [3.05, 3.63) is 78.0 Å². The van der Waals surface area contributed by atoms with Gasteiger partial charge in [0.05, 0.1) is 0 Å². The van der Waals surface area contributed by atoms with Crippen LogP contribution in [0, 0.1) is 13.8 Å². The van der Waals surface area contributed by atoms with Crippen LogP contribution >= 0.6 is 0 Å². The van der Waals surface area contributed by atoms with Crippen LogP contribution in [0.3, 0.4) is 0 Å². The molecule has 0 unspecified atom stereocenters. The number of rotatable bonds is 2. The number of fused-ring (bicyclic) bond motifs is 2. The highest BCUT2D eigenvalue weighted by Gasteiger charge is 2.04. The number of para-hydroxylation sites is 1. The first kappa shape index (κ1) is 13.8. The van der Waals surface area contributed by atoms with Crippen LogP contribution in [-0.4, -0.2) is 4.98 Å². The van der Waals surface area contributed by atoms with Crippen molar-refractivity contribution in [3.8, 4) is 11.6 Å². The molecule has 4 aromatic rings. The molecular weight excluding hydrogens is 282 g/mol. The highest BCUT2D eigenvalue weighted by Crippen LogP contribution is 2.28. The van der Waals surface area contributed by atoms with E-state index in [1.165, 1.54) is 21.9 Å². The third-order valence-corrected chi connectivity index (χ3v) is 4.23. The Balaban J connectivity index is 1.81. The first-order valence-corrected chi connectivity index (χ1v) is 7.73. The summed E-state index contributed by atoms with van der Waals surface area (Å²) in [5, 5.41) is 4.76. The molecule has 0 aliphatic rings. The fourth-order valence-corrected chi connectivity index (χ4v) is 2.82. The second-order valence-corrected chi connectivity index (χ2v) is 5.92. The van der Waals surface area contributed by atoms with Crippen LogP contribution in [0.5, 0.6) is 11.6 Å². The lowest BCUT2D eigenvalue weighted by Crippen LogP contribution is -1.88. The number of hydrogen-bond donors (Lipinski definition) is 0. The van der Waals surface area contributed by atoms with Gasteiger partial charge in [-0.1, -0.05) is 30.3 Å². The van der Waals surface area contributed by atoms with E-state index in [0.717, 1.165) is 16.5 Å². The van der Waals surface area contributed by atoms with E-state index in [1.807, 2.05) is 42.6 Å². The zero-order valence-corrected chi connectivity index (χ0v) is 13.2. The molecular formula is C21H17NO. The summed E-state index contributed by atoms with van der Waals surface area (Å²) >= 11 is 0. The summed E-state index contributed by atoms with van der Waals surface area (Å²) in [5.74, 6) is 1.42. The summed E-state index contributed by atoms with van der Waals surface area (Å²) in [6, 6.07) is 20.6. The van der Waals surface area contributed by atoms with Gasteiger partial charge < -0.3 is 4.74 Å². The molecule has 23 heavy (non-hydrogen) atoms. The van der Waals surface area contributed by atoms with E-state index in [1.54, 1.807) is 0 Å². The third-order valence-electron chi connectivity index (χ3n) is 4.23. The second kappa shape index (κ2) is 5.40. The van der Waals surface area contributed by atoms with Crippen LogP contribution in [0.15, 0.2) is 66.9 Å². The van der Waals surface area contributed by atoms with Gasteiger partial charge in [0.15, 0.2) is 0 Å². The van der Waals surface area contributed by atoms with Crippen molar-refractivity contribution in [2.45, 2.75) is 13.8 Å². The van der Waals surface area contributed by atoms with Gasteiger partial charge in [0.2, 0.25) is 5.88 Å². The number of nitrogens with zero attached hydrogens (tertiary/aromatic N) is 1. The zero-order chi connectivity index (χ0) is 15.8. The van der Waals surface area contributed by atoms with E-state index >= 15 is 0 Å². The molecule has 0 radical (unpaired) electrons. The quantitative estimate of drug-likeness (QED) is 0.437. The van der Waals surface area contributed by atoms with Crippen LogP contribution in [0.2, 0.25) is 0 Å². The maximum Gasteiger partial charge on any atom is 0.219 e. The minimum Gasteiger partial charge on any atom is -0.439 e. The highest BCUT2D eigenvalue weighted by molar-refractivity contribution is 5.98. The Bertz CT molecular complexity index is 1010. The van der Waals surface area contributed by atoms with E-state index in [2.05, 4.69) is 43.1 Å². The first-order chi connectivity index (χ1) is 11.2. The van der Waals surface area contributed by atoms with Crippen molar-refractivity contribution >= 4 is 21.5 Å². The molecule has 2 heteroatoms. The average Bonchev–Trinajstić information content (AvgIpc) is 2.55. The topological polar surface area (TPSA) is 22.1 Å². The summed E-state index contributed by atoms with van der Waals surface area (Å²) in [4.78, 5) is 4.43. The lowest BCUT2D eigenvalue weighted by Gasteiger charge is -2.08. The number of aromatic nitrogens is 1. The third kappa shape index (κ3) is 2.64. The number of hydrogen-bond acceptors (Lipinski definition) is 2. The van der Waals surface area contributed by atoms with Crippen LogP contribution in [0.25, 0.3) is 21.5 Å². The fraction of sp³-hybridized carbons (Fsp3) is 0.0952. The molecule has 1 aromatic heterocycles. The SMILES string of the molecule is Cc1cc2cc3cnc(Oc4ccccc4)cc3cc2cc1C. The summed E-state index contributed by atoms with van der Waals surface area (Å²) in [5.41, 5.74) is 2.63. The molecule has 3 aromatic carbocycles. The van der Waals surface area contributed by atoms with Crippen LogP contribution < -0.4 is 4.74 Å². The van der Waals surface area contributed by atoms with Crippen LogP contribution in [0.1, 0.15) is 11.1 Å². The predicted molar refractivity (Wildman–Crippen MR) is 95.2 cm³/mol. The van der Waals surface area contributed by atoms with E-state index in [9.17, 15) is 0 Å². The van der Waals surface area contributed by atoms with Gasteiger partial charge in [-0.25, -0.2) is 4.98 Å². The summed E-state index contributed by atoms with van der Waals surface area (Å²) in [7, 11) is 0. The largest absolute Gasteiger partial charge is 0.439 e. The standard InChI is InChI=1S/C21H17NO/c1-14-8-16-10-18-12-21(23-20-6-4-3-5-7-20)22-13-19(18)11-17(16)9-15(14)2/h3-13H,1-2H3. The predicted octanol–water partition coefficient (Wildman–Crippen LogP) is 5.80. The highest BCUT2D eigenvalue weighted by atomic mass is 16.5. The molecule has 0 saturated heterocycles. The maximum atomic E-state index is 5.83. The van der Waals surface area contributed by atoms with Gasteiger partial charge in [-0.3, -0.25) is 0 Å². The second-order valence-electron chi connectivity index (χ2n) is 5.92. The summed E-state index contributed by atoms with van der Waals surface area (Å²) in [6.45, 7) is 4.30. The molecule has 0 bridgehead atoms. The monoisotopic (exact) mass is 299 g/mol. The van der Waals surface area contributed by atoms with Crippen molar-refractivity contribution in [1.29, 1.82) is 0 Å². The zero-order valence-electron chi connectivity index (χ0n) is 13.2. The molecule has 4 rings (SSSR count). The van der Waals surface area contributed by atoms with Crippen LogP contribution in [-0.2, 0) is 0 Å². The first-order valence-electron chi connectivity index (χ1n) is 7.73. The number of benzene rings is 3. The minimum atomic E-state index is 0.617. The molecule has 0 spiro atoms. The van der Waals surface area contributed by atoms with Gasteiger partial charge in [0.25, 0.3) is 0 Å². The molecule has 0 atom stereocenters. The van der Waals surface area contributed by atoms with Gasteiger partial charge in [0.1, 0.15) is 5.75 Å². The van der Waals surface area contributed by atoms with Crippen molar-refractivity contribution in [3.63, 3.8) is 0 Å². The molecule has 0 fully saturated rings. The van der Waals surface area contributed by atoms with Gasteiger partial charge in [0, 0.05) is 17.6 Å². The maximum absolute atomic E-state index is 5.83. The van der Waals surface area contributed by atoms with Crippen molar-refractivity contribution in [2.75, 3.05) is 0 Å². The van der Waals surface area contributed by atoms with Crippen molar-refractivity contribution in [1.82, 2.24) is 4.98 Å². The Morgan fingerprint density at radius 2 is 1.30 bits per heavy atom. The minimum absolute atomic E-state index is 0.617. The molecule has 112 valence electrons. The van der Waals surface area contributed by atoms with Gasteiger partial charge in [-0.15, -0.1) is 0 Å². The molecule has 0 N–H and O–H groups in total. The van der Waals surface area contributed by atoms with Gasteiger partial charge in [-0.2, -0.15) is 0 Å². The summed E-state index contributed by atoms with van der Waals surface area (Å²) < 4.78 is 5.83. The van der Waals surface area contributed by atoms with E-state index in [0.29, 0.717) is 5.88 Å². The molecule has 0 aliphatic heterocycles. The average molecular weight is 299 g/mol. The smallest absolute Gasteiger partial charge is 0.219 e. The fourth-order valence-electron chi connectivity index (χ4n) is 2.82. The Morgan fingerprint density at radius 3 is 2.00 bits per heavy atom. The van der Waals surface area contributed by atoms with Gasteiger partial charge >= 0.3 is 0 Å². The number of ether oxygens (including phenoxy) is 1. The number of aryl methyl sites for hydroxylation is 2. The molecule has 0 aliphatic carbocycles. The van der Waals surface area contributed by atoms with Crippen molar-refractivity contribution in [2.24, 2.45) is 0 Å². The molecule has 1 heterocycles. The summed E-state index contributed by atoms with van der Waals surface area (Å²) in [6.07, 6.45) is 1.88. The normalized spacial score (nSPS) is 11.0. The lowest BCUT2D eigenvalue weighted by molar-refractivity contribution is 0.464. The van der Waals surface area contributed by atoms with E-state index in [4.69, 9.17) is 4.74 Å².